The van der Waals surface area contributed by atoms with E-state index in [0.29, 0.717) is 11.8 Å². The second-order valence-electron chi connectivity index (χ2n) is 9.14. The van der Waals surface area contributed by atoms with Crippen LogP contribution in [0.3, 0.4) is 0 Å². The van der Waals surface area contributed by atoms with Crippen LogP contribution in [0.5, 0.6) is 0 Å². The zero-order chi connectivity index (χ0) is 21.0. The molecule has 0 saturated carbocycles. The molecule has 2 unspecified atom stereocenters. The van der Waals surface area contributed by atoms with Crippen molar-refractivity contribution >= 4 is 5.91 Å². The first-order valence-corrected chi connectivity index (χ1v) is 11.0. The first kappa shape index (κ1) is 21.6. The first-order chi connectivity index (χ1) is 13.9. The van der Waals surface area contributed by atoms with E-state index < -0.39 is 0 Å². The van der Waals surface area contributed by atoms with Gasteiger partial charge < -0.3 is 4.90 Å². The van der Waals surface area contributed by atoms with Crippen LogP contribution in [0.4, 0.5) is 0 Å². The molecule has 0 aliphatic carbocycles. The summed E-state index contributed by atoms with van der Waals surface area (Å²) in [7, 11) is 0. The van der Waals surface area contributed by atoms with Crippen LogP contribution in [-0.4, -0.2) is 41.4 Å². The summed E-state index contributed by atoms with van der Waals surface area (Å²) >= 11 is 0. The van der Waals surface area contributed by atoms with E-state index in [9.17, 15) is 4.79 Å². The molecule has 1 aliphatic rings. The zero-order valence-electron chi connectivity index (χ0n) is 18.6. The highest BCUT2D eigenvalue weighted by Gasteiger charge is 2.37. The van der Waals surface area contributed by atoms with E-state index in [1.807, 2.05) is 13.8 Å². The smallest absolute Gasteiger partial charge is 0.225 e. The molecular weight excluding hydrogens is 356 g/mol. The Bertz CT molecular complexity index is 799. The monoisotopic (exact) mass is 392 g/mol. The maximum atomic E-state index is 12.9. The molecule has 0 spiro atoms. The Morgan fingerprint density at radius 1 is 1.00 bits per heavy atom. The highest BCUT2D eigenvalue weighted by molar-refractivity contribution is 5.78. The number of hydrogen-bond acceptors (Lipinski definition) is 2. The number of amides is 1. The average Bonchev–Trinajstić information content (AvgIpc) is 3.08. The lowest BCUT2D eigenvalue weighted by Gasteiger charge is -2.33. The van der Waals surface area contributed by atoms with Crippen LogP contribution in [-0.2, 0) is 11.3 Å². The van der Waals surface area contributed by atoms with E-state index in [-0.39, 0.29) is 17.9 Å². The number of benzene rings is 2. The molecule has 2 aromatic rings. The minimum atomic E-state index is 0.0381. The SMILES string of the molecule is Cc1ccccc1C1CN(Cc2ccccc2)CC1CN(C(=O)C(C)C)C(C)C. The van der Waals surface area contributed by atoms with Crippen LogP contribution in [0.2, 0.25) is 0 Å². The molecule has 1 fully saturated rings. The molecule has 1 aliphatic heterocycles. The Balaban J connectivity index is 1.84. The van der Waals surface area contributed by atoms with Gasteiger partial charge in [0.15, 0.2) is 0 Å². The van der Waals surface area contributed by atoms with Gasteiger partial charge in [0, 0.05) is 44.1 Å². The van der Waals surface area contributed by atoms with Crippen molar-refractivity contribution in [3.8, 4) is 0 Å². The van der Waals surface area contributed by atoms with Gasteiger partial charge in [-0.1, -0.05) is 68.4 Å². The molecule has 0 radical (unpaired) electrons. The lowest BCUT2D eigenvalue weighted by molar-refractivity contribution is -0.136. The van der Waals surface area contributed by atoms with Gasteiger partial charge in [-0.2, -0.15) is 0 Å². The molecule has 3 heteroatoms. The number of nitrogens with zero attached hydrogens (tertiary/aromatic N) is 2. The highest BCUT2D eigenvalue weighted by atomic mass is 16.2. The summed E-state index contributed by atoms with van der Waals surface area (Å²) in [5, 5.41) is 0. The van der Waals surface area contributed by atoms with Crippen LogP contribution in [0.15, 0.2) is 54.6 Å². The third kappa shape index (κ3) is 5.27. The Hall–Kier alpha value is -2.13. The minimum Gasteiger partial charge on any atom is -0.340 e. The molecule has 0 bridgehead atoms. The Morgan fingerprint density at radius 3 is 2.28 bits per heavy atom. The molecule has 1 amide bonds. The number of hydrogen-bond donors (Lipinski definition) is 0. The summed E-state index contributed by atoms with van der Waals surface area (Å²) in [6.45, 7) is 14.4. The summed E-state index contributed by atoms with van der Waals surface area (Å²) in [5.41, 5.74) is 4.15. The Labute approximate surface area is 176 Å². The van der Waals surface area contributed by atoms with Crippen LogP contribution in [0.1, 0.15) is 50.3 Å². The van der Waals surface area contributed by atoms with E-state index >= 15 is 0 Å². The van der Waals surface area contributed by atoms with Gasteiger partial charge in [0.25, 0.3) is 0 Å². The number of aryl methyl sites for hydroxylation is 1. The molecule has 156 valence electrons. The topological polar surface area (TPSA) is 23.6 Å². The van der Waals surface area contributed by atoms with Crippen molar-refractivity contribution in [2.24, 2.45) is 11.8 Å². The van der Waals surface area contributed by atoms with Crippen LogP contribution in [0, 0.1) is 18.8 Å². The molecule has 0 N–H and O–H groups in total. The third-order valence-corrected chi connectivity index (χ3v) is 6.19. The zero-order valence-corrected chi connectivity index (χ0v) is 18.6. The number of rotatable bonds is 7. The van der Waals surface area contributed by atoms with E-state index in [0.717, 1.165) is 26.2 Å². The van der Waals surface area contributed by atoms with Crippen LogP contribution in [0.25, 0.3) is 0 Å². The second-order valence-corrected chi connectivity index (χ2v) is 9.14. The fraction of sp³-hybridized carbons (Fsp3) is 0.500. The number of carbonyl (C=O) groups is 1. The van der Waals surface area contributed by atoms with Gasteiger partial charge >= 0.3 is 0 Å². The number of carbonyl (C=O) groups excluding carboxylic acids is 1. The van der Waals surface area contributed by atoms with Crippen LogP contribution < -0.4 is 0 Å². The molecule has 3 rings (SSSR count). The quantitative estimate of drug-likeness (QED) is 0.654. The van der Waals surface area contributed by atoms with Crippen molar-refractivity contribution in [2.45, 2.75) is 53.1 Å². The van der Waals surface area contributed by atoms with Gasteiger partial charge in [0.05, 0.1) is 0 Å². The summed E-state index contributed by atoms with van der Waals surface area (Å²) in [6, 6.07) is 19.7. The first-order valence-electron chi connectivity index (χ1n) is 11.0. The minimum absolute atomic E-state index is 0.0381. The predicted octanol–water partition coefficient (Wildman–Crippen LogP) is 5.10. The van der Waals surface area contributed by atoms with Crippen molar-refractivity contribution in [3.63, 3.8) is 0 Å². The molecule has 1 heterocycles. The van der Waals surface area contributed by atoms with Gasteiger partial charge in [0.1, 0.15) is 0 Å². The number of likely N-dealkylation sites (tertiary alicyclic amines) is 1. The van der Waals surface area contributed by atoms with Crippen molar-refractivity contribution in [1.29, 1.82) is 0 Å². The maximum Gasteiger partial charge on any atom is 0.225 e. The van der Waals surface area contributed by atoms with Crippen molar-refractivity contribution in [1.82, 2.24) is 9.80 Å². The molecule has 1 saturated heterocycles. The fourth-order valence-electron chi connectivity index (χ4n) is 4.61. The third-order valence-electron chi connectivity index (χ3n) is 6.19. The van der Waals surface area contributed by atoms with Crippen molar-refractivity contribution in [3.05, 3.63) is 71.3 Å². The summed E-state index contributed by atoms with van der Waals surface area (Å²) in [6.07, 6.45) is 0. The maximum absolute atomic E-state index is 12.9. The normalized spacial score (nSPS) is 19.8. The highest BCUT2D eigenvalue weighted by Crippen LogP contribution is 2.36. The Morgan fingerprint density at radius 2 is 1.66 bits per heavy atom. The Kier molecular flexibility index (Phi) is 7.13. The molecule has 29 heavy (non-hydrogen) atoms. The standard InChI is InChI=1S/C26H36N2O/c1-19(2)26(29)28(20(3)4)17-23-16-27(15-22-12-7-6-8-13-22)18-25(23)24-14-10-9-11-21(24)5/h6-14,19-20,23,25H,15-18H2,1-5H3. The summed E-state index contributed by atoms with van der Waals surface area (Å²) in [4.78, 5) is 17.5. The van der Waals surface area contributed by atoms with Crippen molar-refractivity contribution < 1.29 is 4.79 Å². The van der Waals surface area contributed by atoms with Gasteiger partial charge in [-0.05, 0) is 43.4 Å². The molecule has 0 aromatic heterocycles. The van der Waals surface area contributed by atoms with Gasteiger partial charge in [0.2, 0.25) is 5.91 Å². The molecule has 3 nitrogen and oxygen atoms in total. The molecular formula is C26H36N2O. The lowest BCUT2D eigenvalue weighted by atomic mass is 9.86. The lowest BCUT2D eigenvalue weighted by Crippen LogP contribution is -2.43. The summed E-state index contributed by atoms with van der Waals surface area (Å²) in [5.74, 6) is 1.22. The van der Waals surface area contributed by atoms with E-state index in [2.05, 4.69) is 85.2 Å². The van der Waals surface area contributed by atoms with Gasteiger partial charge in [-0.3, -0.25) is 9.69 Å². The predicted molar refractivity (Wildman–Crippen MR) is 121 cm³/mol. The van der Waals surface area contributed by atoms with Crippen LogP contribution >= 0.6 is 0 Å². The van der Waals surface area contributed by atoms with Gasteiger partial charge in [-0.15, -0.1) is 0 Å². The van der Waals surface area contributed by atoms with Crippen molar-refractivity contribution in [2.75, 3.05) is 19.6 Å². The largest absolute Gasteiger partial charge is 0.340 e. The molecule has 2 aromatic carbocycles. The fourth-order valence-corrected chi connectivity index (χ4v) is 4.61. The molecule has 2 atom stereocenters. The van der Waals surface area contributed by atoms with E-state index in [1.54, 1.807) is 0 Å². The van der Waals surface area contributed by atoms with E-state index in [4.69, 9.17) is 0 Å². The van der Waals surface area contributed by atoms with Gasteiger partial charge in [-0.25, -0.2) is 0 Å². The van der Waals surface area contributed by atoms with E-state index in [1.165, 1.54) is 16.7 Å². The average molecular weight is 393 g/mol. The second kappa shape index (κ2) is 9.58. The summed E-state index contributed by atoms with van der Waals surface area (Å²) < 4.78 is 0.